The van der Waals surface area contributed by atoms with E-state index >= 15 is 0 Å². The van der Waals surface area contributed by atoms with Gasteiger partial charge in [-0.15, -0.1) is 0 Å². The zero-order valence-electron chi connectivity index (χ0n) is 19.8. The molecule has 1 aliphatic rings. The standard InChI is InChI=1S/C28H27N5O2S/c1-19-7-9-20(10-8-19)30-25(35)15-18-33-27(26(31-28(33)36)23-5-2-3-16-29-23)24-6-4-17-32(24)21-11-13-22(34)14-12-21/h2-14,16-17,26-27,34H,15,18H2,1H3,(H,30,35)(H,31,36)/t26-,27-/m0/s1. The molecule has 182 valence electrons. The average Bonchev–Trinajstić information content (AvgIpc) is 3.49. The number of aryl methyl sites for hydroxylation is 1. The van der Waals surface area contributed by atoms with E-state index in [9.17, 15) is 9.90 Å². The molecule has 5 rings (SSSR count). The molecule has 1 amide bonds. The fourth-order valence-corrected chi connectivity index (χ4v) is 4.87. The largest absolute Gasteiger partial charge is 0.508 e. The monoisotopic (exact) mass is 497 g/mol. The number of carbonyl (C=O) groups is 1. The lowest BCUT2D eigenvalue weighted by Gasteiger charge is -2.28. The van der Waals surface area contributed by atoms with Gasteiger partial charge in [0.25, 0.3) is 0 Å². The highest BCUT2D eigenvalue weighted by Gasteiger charge is 2.41. The summed E-state index contributed by atoms with van der Waals surface area (Å²) in [6, 6.07) is 24.3. The summed E-state index contributed by atoms with van der Waals surface area (Å²) in [5.41, 5.74) is 4.71. The fourth-order valence-electron chi connectivity index (χ4n) is 4.53. The lowest BCUT2D eigenvalue weighted by atomic mass is 10.0. The first kappa shape index (κ1) is 23.6. The molecule has 2 aromatic heterocycles. The second-order valence-electron chi connectivity index (χ2n) is 8.80. The van der Waals surface area contributed by atoms with E-state index in [2.05, 4.69) is 31.2 Å². The van der Waals surface area contributed by atoms with E-state index in [0.717, 1.165) is 28.3 Å². The summed E-state index contributed by atoms with van der Waals surface area (Å²) in [7, 11) is 0. The number of benzene rings is 2. The van der Waals surface area contributed by atoms with Gasteiger partial charge in [-0.05, 0) is 79.8 Å². The zero-order valence-corrected chi connectivity index (χ0v) is 20.7. The predicted octanol–water partition coefficient (Wildman–Crippen LogP) is 4.89. The lowest BCUT2D eigenvalue weighted by Crippen LogP contribution is -2.33. The minimum absolute atomic E-state index is 0.0735. The first-order chi connectivity index (χ1) is 17.5. The summed E-state index contributed by atoms with van der Waals surface area (Å²) >= 11 is 5.75. The van der Waals surface area contributed by atoms with Crippen LogP contribution in [0.5, 0.6) is 5.75 Å². The number of carbonyl (C=O) groups excluding carboxylic acids is 1. The smallest absolute Gasteiger partial charge is 0.226 e. The highest BCUT2D eigenvalue weighted by Crippen LogP contribution is 2.39. The molecule has 3 N–H and O–H groups in total. The molecular weight excluding hydrogens is 470 g/mol. The Bertz CT molecular complexity index is 1350. The van der Waals surface area contributed by atoms with Crippen LogP contribution in [0, 0.1) is 6.92 Å². The summed E-state index contributed by atoms with van der Waals surface area (Å²) in [5, 5.41) is 16.7. The third-order valence-electron chi connectivity index (χ3n) is 6.32. The normalized spacial score (nSPS) is 17.1. The molecule has 1 aliphatic heterocycles. The van der Waals surface area contributed by atoms with Crippen LogP contribution >= 0.6 is 12.2 Å². The van der Waals surface area contributed by atoms with Gasteiger partial charge in [-0.25, -0.2) is 0 Å². The summed E-state index contributed by atoms with van der Waals surface area (Å²) in [6.07, 6.45) is 4.04. The van der Waals surface area contributed by atoms with Crippen LogP contribution in [0.25, 0.3) is 5.69 Å². The minimum Gasteiger partial charge on any atom is -0.508 e. The van der Waals surface area contributed by atoms with Crippen molar-refractivity contribution in [2.24, 2.45) is 0 Å². The van der Waals surface area contributed by atoms with Gasteiger partial charge in [0.2, 0.25) is 5.91 Å². The van der Waals surface area contributed by atoms with Crippen molar-refractivity contribution in [3.63, 3.8) is 0 Å². The topological polar surface area (TPSA) is 82.4 Å². The third kappa shape index (κ3) is 4.94. The number of aromatic nitrogens is 2. The van der Waals surface area contributed by atoms with E-state index in [1.54, 1.807) is 18.3 Å². The number of hydrogen-bond acceptors (Lipinski definition) is 4. The number of nitrogens with one attached hydrogen (secondary N) is 2. The Morgan fingerprint density at radius 1 is 1.06 bits per heavy atom. The van der Waals surface area contributed by atoms with E-state index in [1.165, 1.54) is 0 Å². The van der Waals surface area contributed by atoms with Gasteiger partial charge >= 0.3 is 0 Å². The maximum atomic E-state index is 12.8. The number of aromatic hydroxyl groups is 1. The van der Waals surface area contributed by atoms with Crippen LogP contribution < -0.4 is 10.6 Å². The van der Waals surface area contributed by atoms with E-state index in [-0.39, 0.29) is 30.2 Å². The van der Waals surface area contributed by atoms with Gasteiger partial charge in [0, 0.05) is 42.4 Å². The molecule has 1 saturated heterocycles. The molecule has 0 saturated carbocycles. The van der Waals surface area contributed by atoms with Gasteiger partial charge in [0.1, 0.15) is 5.75 Å². The predicted molar refractivity (Wildman–Crippen MR) is 144 cm³/mol. The van der Waals surface area contributed by atoms with Crippen LogP contribution in [0.2, 0.25) is 0 Å². The SMILES string of the molecule is Cc1ccc(NC(=O)CCN2C(=S)N[C@@H](c3ccccn3)[C@@H]2c2cccn2-c2ccc(O)cc2)cc1. The number of hydrogen-bond donors (Lipinski definition) is 3. The molecule has 8 heteroatoms. The molecule has 2 atom stereocenters. The van der Waals surface area contributed by atoms with Gasteiger partial charge < -0.3 is 25.2 Å². The second-order valence-corrected chi connectivity index (χ2v) is 9.19. The van der Waals surface area contributed by atoms with Gasteiger partial charge in [0.15, 0.2) is 5.11 Å². The van der Waals surface area contributed by atoms with Crippen LogP contribution in [0.4, 0.5) is 5.69 Å². The summed E-state index contributed by atoms with van der Waals surface area (Å²) in [5.74, 6) is 0.138. The lowest BCUT2D eigenvalue weighted by molar-refractivity contribution is -0.116. The van der Waals surface area contributed by atoms with Crippen LogP contribution in [0.15, 0.2) is 91.3 Å². The van der Waals surface area contributed by atoms with Gasteiger partial charge in [0.05, 0.1) is 17.8 Å². The van der Waals surface area contributed by atoms with E-state index in [4.69, 9.17) is 12.2 Å². The van der Waals surface area contributed by atoms with Gasteiger partial charge in [-0.2, -0.15) is 0 Å². The van der Waals surface area contributed by atoms with Crippen LogP contribution in [0.3, 0.4) is 0 Å². The average molecular weight is 498 g/mol. The summed E-state index contributed by atoms with van der Waals surface area (Å²) in [6.45, 7) is 2.46. The first-order valence-electron chi connectivity index (χ1n) is 11.8. The van der Waals surface area contributed by atoms with Crippen LogP contribution in [0.1, 0.15) is 35.5 Å². The second kappa shape index (κ2) is 10.2. The number of phenols is 1. The molecule has 0 unspecified atom stereocenters. The Morgan fingerprint density at radius 2 is 1.83 bits per heavy atom. The van der Waals surface area contributed by atoms with Crippen LogP contribution in [-0.4, -0.2) is 37.1 Å². The molecule has 0 radical (unpaired) electrons. The minimum atomic E-state index is -0.191. The maximum absolute atomic E-state index is 12.8. The Hall–Kier alpha value is -4.17. The van der Waals surface area contributed by atoms with Crippen molar-refractivity contribution < 1.29 is 9.90 Å². The number of anilines is 1. The van der Waals surface area contributed by atoms with Gasteiger partial charge in [-0.1, -0.05) is 23.8 Å². The van der Waals surface area contributed by atoms with Crippen molar-refractivity contribution in [1.82, 2.24) is 19.8 Å². The third-order valence-corrected chi connectivity index (χ3v) is 6.68. The van der Waals surface area contributed by atoms with E-state index in [0.29, 0.717) is 11.7 Å². The number of pyridine rings is 1. The summed E-state index contributed by atoms with van der Waals surface area (Å²) < 4.78 is 2.08. The maximum Gasteiger partial charge on any atom is 0.226 e. The highest BCUT2D eigenvalue weighted by molar-refractivity contribution is 7.80. The van der Waals surface area contributed by atoms with Crippen LogP contribution in [-0.2, 0) is 4.79 Å². The van der Waals surface area contributed by atoms with Crippen molar-refractivity contribution in [2.45, 2.75) is 25.4 Å². The number of rotatable bonds is 7. The summed E-state index contributed by atoms with van der Waals surface area (Å²) in [4.78, 5) is 19.4. The van der Waals surface area contributed by atoms with E-state index < -0.39 is 0 Å². The number of nitrogens with zero attached hydrogens (tertiary/aromatic N) is 3. The molecular formula is C28H27N5O2S. The fraction of sp³-hybridized carbons (Fsp3) is 0.179. The van der Waals surface area contributed by atoms with Crippen molar-refractivity contribution in [2.75, 3.05) is 11.9 Å². The Balaban J connectivity index is 1.43. The van der Waals surface area contributed by atoms with Crippen molar-refractivity contribution >= 4 is 28.9 Å². The number of amides is 1. The Morgan fingerprint density at radius 3 is 2.56 bits per heavy atom. The Labute approximate surface area is 215 Å². The molecule has 0 spiro atoms. The molecule has 3 heterocycles. The number of phenolic OH excluding ortho intramolecular Hbond substituents is 1. The molecule has 0 bridgehead atoms. The quantitative estimate of drug-likeness (QED) is 0.316. The molecule has 1 fully saturated rings. The molecule has 0 aliphatic carbocycles. The van der Waals surface area contributed by atoms with Crippen molar-refractivity contribution in [3.8, 4) is 11.4 Å². The first-order valence-corrected chi connectivity index (χ1v) is 12.2. The Kier molecular flexibility index (Phi) is 6.69. The van der Waals surface area contributed by atoms with Crippen molar-refractivity contribution in [1.29, 1.82) is 0 Å². The van der Waals surface area contributed by atoms with Gasteiger partial charge in [-0.3, -0.25) is 9.78 Å². The molecule has 4 aromatic rings. The van der Waals surface area contributed by atoms with E-state index in [1.807, 2.05) is 73.8 Å². The zero-order chi connectivity index (χ0) is 25.1. The number of thiocarbonyl (C=S) groups is 1. The highest BCUT2D eigenvalue weighted by atomic mass is 32.1. The van der Waals surface area contributed by atoms with Crippen molar-refractivity contribution in [3.05, 3.63) is 108 Å². The molecule has 2 aromatic carbocycles. The molecule has 36 heavy (non-hydrogen) atoms. The molecule has 7 nitrogen and oxygen atoms in total.